The van der Waals surface area contributed by atoms with Gasteiger partial charge in [0, 0.05) is 35.0 Å². The van der Waals surface area contributed by atoms with E-state index in [1.807, 2.05) is 19.9 Å². The number of nitrogen functional groups attached to an aromatic ring is 1. The van der Waals surface area contributed by atoms with Gasteiger partial charge in [-0.15, -0.1) is 0 Å². The van der Waals surface area contributed by atoms with Crippen LogP contribution < -0.4 is 48.6 Å². The number of nitrogens with two attached hydrogens (primary N) is 3. The van der Waals surface area contributed by atoms with Crippen molar-refractivity contribution in [2.24, 2.45) is 11.5 Å². The second-order valence-electron chi connectivity index (χ2n) is 11.7. The number of methoxy groups -OCH3 is 2. The SMILES string of the molecule is CCOc1ccc(F)cc1-c1cc(Cc2ccc(OC)c(C(N)=O)c2)ncn1.CCOc1ccc(F)cc1-c1cc(Cl)ncn1.COc1ccc(N)cc1C(N)=O.[Cl-]. The Bertz CT molecular complexity index is 2340. The maximum atomic E-state index is 13.8. The van der Waals surface area contributed by atoms with Crippen molar-refractivity contribution in [3.05, 3.63) is 137 Å². The maximum Gasteiger partial charge on any atom is 0.252 e. The summed E-state index contributed by atoms with van der Waals surface area (Å²) in [7, 11) is 2.95. The first-order valence-electron chi connectivity index (χ1n) is 17.2. The van der Waals surface area contributed by atoms with Crippen LogP contribution in [0.1, 0.15) is 45.8 Å². The minimum absolute atomic E-state index is 0. The van der Waals surface area contributed by atoms with Crippen molar-refractivity contribution in [3.8, 4) is 45.5 Å². The highest BCUT2D eigenvalue weighted by molar-refractivity contribution is 6.29. The molecule has 0 aliphatic rings. The molecule has 304 valence electrons. The van der Waals surface area contributed by atoms with Crippen molar-refractivity contribution < 1.29 is 49.7 Å². The fourth-order valence-corrected chi connectivity index (χ4v) is 5.42. The topological polar surface area (TPSA) is 201 Å². The number of anilines is 1. The quantitative estimate of drug-likeness (QED) is 0.119. The molecule has 2 heterocycles. The Morgan fingerprint density at radius 1 is 0.638 bits per heavy atom. The molecule has 6 rings (SSSR count). The summed E-state index contributed by atoms with van der Waals surface area (Å²) < 4.78 is 48.1. The van der Waals surface area contributed by atoms with Crippen LogP contribution >= 0.6 is 11.6 Å². The molecular weight excluding hydrogens is 795 g/mol. The van der Waals surface area contributed by atoms with E-state index in [-0.39, 0.29) is 24.0 Å². The van der Waals surface area contributed by atoms with Gasteiger partial charge in [-0.05, 0) is 92.2 Å². The summed E-state index contributed by atoms with van der Waals surface area (Å²) in [6.45, 7) is 4.67. The largest absolute Gasteiger partial charge is 1.00 e. The highest BCUT2D eigenvalue weighted by Crippen LogP contribution is 2.31. The average molecular weight is 836 g/mol. The molecule has 6 N–H and O–H groups in total. The van der Waals surface area contributed by atoms with Crippen molar-refractivity contribution in [2.45, 2.75) is 20.3 Å². The molecule has 13 nitrogen and oxygen atoms in total. The van der Waals surface area contributed by atoms with Crippen molar-refractivity contribution in [1.29, 1.82) is 0 Å². The molecule has 6 aromatic rings. The van der Waals surface area contributed by atoms with E-state index in [1.165, 1.54) is 57.2 Å². The minimum Gasteiger partial charge on any atom is -1.00 e. The first-order chi connectivity index (χ1) is 27.4. The Morgan fingerprint density at radius 2 is 1.12 bits per heavy atom. The molecule has 0 aliphatic heterocycles. The maximum absolute atomic E-state index is 13.8. The van der Waals surface area contributed by atoms with Crippen molar-refractivity contribution in [3.63, 3.8) is 0 Å². The van der Waals surface area contributed by atoms with Gasteiger partial charge in [0.1, 0.15) is 52.4 Å². The zero-order chi connectivity index (χ0) is 41.5. The predicted molar refractivity (Wildman–Crippen MR) is 212 cm³/mol. The molecule has 2 amide bonds. The number of carbonyl (C=O) groups is 2. The predicted octanol–water partition coefficient (Wildman–Crippen LogP) is 4.09. The van der Waals surface area contributed by atoms with Crippen molar-refractivity contribution in [2.75, 3.05) is 33.2 Å². The number of primary amides is 2. The Balaban J connectivity index is 0.000000255. The molecule has 58 heavy (non-hydrogen) atoms. The Kier molecular flexibility index (Phi) is 17.6. The Morgan fingerprint density at radius 3 is 1.62 bits per heavy atom. The van der Waals surface area contributed by atoms with Crippen LogP contribution in [0.25, 0.3) is 22.5 Å². The van der Waals surface area contributed by atoms with Crippen LogP contribution in [0.15, 0.2) is 97.6 Å². The van der Waals surface area contributed by atoms with Crippen LogP contribution in [-0.4, -0.2) is 59.2 Å². The van der Waals surface area contributed by atoms with Gasteiger partial charge in [0.2, 0.25) is 0 Å². The normalized spacial score (nSPS) is 10.1. The molecular formula is C41H40Cl2F2N7O6-. The van der Waals surface area contributed by atoms with Crippen LogP contribution in [0.4, 0.5) is 14.5 Å². The van der Waals surface area contributed by atoms with Crippen LogP contribution in [-0.2, 0) is 6.42 Å². The van der Waals surface area contributed by atoms with Crippen LogP contribution in [0.5, 0.6) is 23.0 Å². The third kappa shape index (κ3) is 12.7. The van der Waals surface area contributed by atoms with Gasteiger partial charge in [0.15, 0.2) is 0 Å². The fourth-order valence-electron chi connectivity index (χ4n) is 5.27. The standard InChI is InChI=1S/C21H20FN3O3.C12H10ClFN2O.C8H10N2O2.ClH/c1-3-28-20-7-5-14(22)10-16(20)18-11-15(24-12-25-18)8-13-4-6-19(27-2)17(9-13)21(23)26;1-2-17-11-4-3-8(14)5-9(11)10-6-12(13)16-7-15-10;1-12-7-3-2-5(9)4-6(7)8(10)11;/h4-7,9-12H,3,8H2,1-2H3,(H2,23,26);3-7H,2H2,1H3;2-4H,9H2,1H3,(H2,10,11);1H/p-1. The van der Waals surface area contributed by atoms with E-state index < -0.39 is 11.8 Å². The summed E-state index contributed by atoms with van der Waals surface area (Å²) in [4.78, 5) is 38.8. The first kappa shape index (κ1) is 45.8. The summed E-state index contributed by atoms with van der Waals surface area (Å²) in [5.74, 6) is 0.149. The van der Waals surface area contributed by atoms with Crippen molar-refractivity contribution >= 4 is 29.1 Å². The number of ether oxygens (including phenoxy) is 4. The Labute approximate surface area is 344 Å². The van der Waals surface area contributed by atoms with Crippen molar-refractivity contribution in [1.82, 2.24) is 19.9 Å². The summed E-state index contributed by atoms with van der Waals surface area (Å²) in [5.41, 5.74) is 20.8. The second kappa shape index (κ2) is 22.2. The molecule has 0 atom stereocenters. The Hall–Kier alpha value is -6.58. The van der Waals surface area contributed by atoms with Gasteiger partial charge in [-0.2, -0.15) is 0 Å². The summed E-state index contributed by atoms with van der Waals surface area (Å²) in [6.07, 6.45) is 3.20. The smallest absolute Gasteiger partial charge is 0.252 e. The number of hydrogen-bond acceptors (Lipinski definition) is 11. The van der Waals surface area contributed by atoms with E-state index in [1.54, 1.807) is 48.5 Å². The van der Waals surface area contributed by atoms with E-state index in [2.05, 4.69) is 19.9 Å². The number of benzene rings is 4. The third-order valence-electron chi connectivity index (χ3n) is 7.80. The first-order valence-corrected chi connectivity index (χ1v) is 17.6. The molecule has 17 heteroatoms. The van der Waals surface area contributed by atoms with E-state index in [4.69, 9.17) is 47.7 Å². The molecule has 2 aromatic heterocycles. The van der Waals surface area contributed by atoms with Gasteiger partial charge in [0.25, 0.3) is 11.8 Å². The number of nitrogens with zero attached hydrogens (tertiary/aromatic N) is 4. The molecule has 0 saturated heterocycles. The van der Waals surface area contributed by atoms with Gasteiger partial charge in [-0.1, -0.05) is 17.7 Å². The molecule has 0 radical (unpaired) electrons. The average Bonchev–Trinajstić information content (AvgIpc) is 3.20. The molecule has 4 aromatic carbocycles. The highest BCUT2D eigenvalue weighted by Gasteiger charge is 2.14. The molecule has 0 spiro atoms. The minimum atomic E-state index is -0.566. The van der Waals surface area contributed by atoms with Crippen LogP contribution in [0.3, 0.4) is 0 Å². The highest BCUT2D eigenvalue weighted by atomic mass is 35.5. The lowest BCUT2D eigenvalue weighted by atomic mass is 10.0. The number of hydrogen-bond donors (Lipinski definition) is 3. The molecule has 0 unspecified atom stereocenters. The lowest BCUT2D eigenvalue weighted by Gasteiger charge is -2.11. The molecule has 0 fully saturated rings. The van der Waals surface area contributed by atoms with Gasteiger partial charge < -0.3 is 48.6 Å². The van der Waals surface area contributed by atoms with E-state index >= 15 is 0 Å². The molecule has 0 bridgehead atoms. The van der Waals surface area contributed by atoms with E-state index in [9.17, 15) is 18.4 Å². The fraction of sp³-hybridized carbons (Fsp3) is 0.171. The lowest BCUT2D eigenvalue weighted by Crippen LogP contribution is -3.00. The second-order valence-corrected chi connectivity index (χ2v) is 12.1. The number of carbonyl (C=O) groups excluding carboxylic acids is 2. The monoisotopic (exact) mass is 834 g/mol. The van der Waals surface area contributed by atoms with Gasteiger partial charge in [-0.25, -0.2) is 28.7 Å². The number of halogens is 4. The third-order valence-corrected chi connectivity index (χ3v) is 8.00. The lowest BCUT2D eigenvalue weighted by molar-refractivity contribution is -0.0000310. The van der Waals surface area contributed by atoms with E-state index in [0.717, 1.165) is 5.56 Å². The zero-order valence-corrected chi connectivity index (χ0v) is 33.4. The van der Waals surface area contributed by atoms with Gasteiger partial charge in [-0.3, -0.25) is 9.59 Å². The van der Waals surface area contributed by atoms with E-state index in [0.29, 0.717) is 92.8 Å². The molecule has 0 saturated carbocycles. The number of amides is 2. The van der Waals surface area contributed by atoms with Gasteiger partial charge in [0.05, 0.1) is 49.9 Å². The number of rotatable bonds is 12. The zero-order valence-electron chi connectivity index (χ0n) is 31.8. The van der Waals surface area contributed by atoms with Crippen LogP contribution in [0, 0.1) is 11.6 Å². The summed E-state index contributed by atoms with van der Waals surface area (Å²) in [5, 5.41) is 0.307. The van der Waals surface area contributed by atoms with Gasteiger partial charge >= 0.3 is 0 Å². The summed E-state index contributed by atoms with van der Waals surface area (Å²) >= 11 is 5.78. The molecule has 0 aliphatic carbocycles. The number of aromatic nitrogens is 4. The summed E-state index contributed by atoms with van der Waals surface area (Å²) in [6, 6.07) is 21.9. The van der Waals surface area contributed by atoms with Crippen LogP contribution in [0.2, 0.25) is 5.15 Å².